The average molecular weight is 258 g/mol. The summed E-state index contributed by atoms with van der Waals surface area (Å²) >= 11 is 0. The smallest absolute Gasteiger partial charge is 0.137 e. The van der Waals surface area contributed by atoms with Crippen molar-refractivity contribution in [2.24, 2.45) is 5.73 Å². The number of hydrogen-bond donors (Lipinski definition) is 1. The Balaban J connectivity index is 2.05. The Morgan fingerprint density at radius 1 is 1.26 bits per heavy atom. The Morgan fingerprint density at radius 2 is 1.95 bits per heavy atom. The molecule has 0 aromatic heterocycles. The van der Waals surface area contributed by atoms with Crippen molar-refractivity contribution in [3.63, 3.8) is 0 Å². The van der Waals surface area contributed by atoms with Crippen LogP contribution >= 0.6 is 0 Å². The topological polar surface area (TPSA) is 59.0 Å². The zero-order valence-electron chi connectivity index (χ0n) is 11.6. The molecule has 0 aliphatic heterocycles. The molecule has 2 rings (SSSR count). The van der Waals surface area contributed by atoms with Gasteiger partial charge in [0.05, 0.1) is 11.1 Å². The molecule has 0 atom stereocenters. The van der Waals surface area contributed by atoms with E-state index in [0.717, 1.165) is 18.4 Å². The minimum atomic E-state index is -0.229. The molecule has 0 unspecified atom stereocenters. The zero-order valence-corrected chi connectivity index (χ0v) is 11.6. The van der Waals surface area contributed by atoms with Crippen molar-refractivity contribution in [3.05, 3.63) is 29.3 Å². The second kappa shape index (κ2) is 6.08. The van der Waals surface area contributed by atoms with Crippen molar-refractivity contribution in [1.29, 1.82) is 5.26 Å². The minimum Gasteiger partial charge on any atom is -0.490 e. The molecule has 0 spiro atoms. The van der Waals surface area contributed by atoms with Crippen molar-refractivity contribution >= 4 is 0 Å². The predicted octanol–water partition coefficient (Wildman–Crippen LogP) is 3.30. The third-order valence-electron chi connectivity index (χ3n) is 3.87. The van der Waals surface area contributed by atoms with Crippen LogP contribution in [0.1, 0.15) is 49.7 Å². The lowest BCUT2D eigenvalue weighted by atomic mass is 9.92. The van der Waals surface area contributed by atoms with Gasteiger partial charge in [0.2, 0.25) is 0 Å². The van der Waals surface area contributed by atoms with Gasteiger partial charge in [-0.1, -0.05) is 31.7 Å². The number of nitrogens with two attached hydrogens (primary N) is 1. The van der Waals surface area contributed by atoms with Crippen LogP contribution in [0.15, 0.2) is 18.2 Å². The first-order valence-corrected chi connectivity index (χ1v) is 7.05. The van der Waals surface area contributed by atoms with Crippen molar-refractivity contribution in [1.82, 2.24) is 0 Å². The molecule has 1 aliphatic carbocycles. The molecule has 0 amide bonds. The Hall–Kier alpha value is -1.53. The fourth-order valence-electron chi connectivity index (χ4n) is 2.64. The highest BCUT2D eigenvalue weighted by Crippen LogP contribution is 2.27. The molecule has 0 radical (unpaired) electrons. The number of hydrogen-bond acceptors (Lipinski definition) is 3. The number of rotatable bonds is 3. The molecular formula is C16H22N2O. The molecule has 1 aromatic carbocycles. The van der Waals surface area contributed by atoms with Gasteiger partial charge in [0.1, 0.15) is 18.4 Å². The first-order valence-electron chi connectivity index (χ1n) is 7.05. The highest BCUT2D eigenvalue weighted by molar-refractivity contribution is 5.45. The molecule has 0 saturated heterocycles. The summed E-state index contributed by atoms with van der Waals surface area (Å²) < 4.78 is 5.86. The SMILES string of the molecule is Cc1ccc(C#N)c(OCC2(N)CCCCCC2)c1. The number of ether oxygens (including phenoxy) is 1. The highest BCUT2D eigenvalue weighted by Gasteiger charge is 2.27. The first-order chi connectivity index (χ1) is 9.13. The van der Waals surface area contributed by atoms with Crippen LogP contribution in [0.4, 0.5) is 0 Å². The summed E-state index contributed by atoms with van der Waals surface area (Å²) in [5.74, 6) is 0.663. The van der Waals surface area contributed by atoms with Gasteiger partial charge < -0.3 is 10.5 Å². The van der Waals surface area contributed by atoms with E-state index >= 15 is 0 Å². The lowest BCUT2D eigenvalue weighted by molar-refractivity contribution is 0.199. The van der Waals surface area contributed by atoms with E-state index in [-0.39, 0.29) is 5.54 Å². The number of nitriles is 1. The van der Waals surface area contributed by atoms with Gasteiger partial charge in [-0.3, -0.25) is 0 Å². The Morgan fingerprint density at radius 3 is 2.58 bits per heavy atom. The summed E-state index contributed by atoms with van der Waals surface area (Å²) in [4.78, 5) is 0. The molecule has 3 heteroatoms. The summed E-state index contributed by atoms with van der Waals surface area (Å²) in [6.45, 7) is 2.50. The molecule has 1 aromatic rings. The lowest BCUT2D eigenvalue weighted by Crippen LogP contribution is -2.45. The van der Waals surface area contributed by atoms with Gasteiger partial charge in [-0.05, 0) is 37.5 Å². The maximum Gasteiger partial charge on any atom is 0.137 e. The van der Waals surface area contributed by atoms with Crippen molar-refractivity contribution in [2.45, 2.75) is 51.0 Å². The van der Waals surface area contributed by atoms with Gasteiger partial charge in [0.15, 0.2) is 0 Å². The van der Waals surface area contributed by atoms with Gasteiger partial charge in [-0.2, -0.15) is 5.26 Å². The van der Waals surface area contributed by atoms with Gasteiger partial charge >= 0.3 is 0 Å². The summed E-state index contributed by atoms with van der Waals surface area (Å²) in [5, 5.41) is 9.09. The summed E-state index contributed by atoms with van der Waals surface area (Å²) in [6.07, 6.45) is 6.93. The molecule has 1 fully saturated rings. The van der Waals surface area contributed by atoms with Crippen molar-refractivity contribution in [2.75, 3.05) is 6.61 Å². The third kappa shape index (κ3) is 3.71. The van der Waals surface area contributed by atoms with E-state index in [1.807, 2.05) is 19.1 Å². The molecule has 1 aliphatic rings. The quantitative estimate of drug-likeness (QED) is 0.846. The molecule has 102 valence electrons. The van der Waals surface area contributed by atoms with Crippen LogP contribution in [-0.4, -0.2) is 12.1 Å². The first kappa shape index (κ1) is 13.9. The van der Waals surface area contributed by atoms with Crippen LogP contribution in [-0.2, 0) is 0 Å². The summed E-state index contributed by atoms with van der Waals surface area (Å²) in [7, 11) is 0. The molecule has 19 heavy (non-hydrogen) atoms. The zero-order chi connectivity index (χ0) is 13.7. The molecule has 0 bridgehead atoms. The van der Waals surface area contributed by atoms with E-state index in [1.165, 1.54) is 25.7 Å². The fourth-order valence-corrected chi connectivity index (χ4v) is 2.64. The van der Waals surface area contributed by atoms with Crippen LogP contribution in [0.2, 0.25) is 0 Å². The molecule has 3 nitrogen and oxygen atoms in total. The van der Waals surface area contributed by atoms with Crippen LogP contribution in [0, 0.1) is 18.3 Å². The second-order valence-corrected chi connectivity index (χ2v) is 5.68. The lowest BCUT2D eigenvalue weighted by Gasteiger charge is -2.28. The average Bonchev–Trinajstić information content (AvgIpc) is 2.62. The van der Waals surface area contributed by atoms with Crippen LogP contribution in [0.25, 0.3) is 0 Å². The minimum absolute atomic E-state index is 0.229. The Labute approximate surface area is 115 Å². The van der Waals surface area contributed by atoms with E-state index in [4.69, 9.17) is 15.7 Å². The van der Waals surface area contributed by atoms with Gasteiger partial charge in [-0.25, -0.2) is 0 Å². The van der Waals surface area contributed by atoms with Gasteiger partial charge in [0.25, 0.3) is 0 Å². The summed E-state index contributed by atoms with van der Waals surface area (Å²) in [5.41, 5.74) is 7.88. The van der Waals surface area contributed by atoms with E-state index in [9.17, 15) is 0 Å². The Kier molecular flexibility index (Phi) is 4.44. The second-order valence-electron chi connectivity index (χ2n) is 5.68. The number of benzene rings is 1. The van der Waals surface area contributed by atoms with Crippen LogP contribution < -0.4 is 10.5 Å². The normalized spacial score (nSPS) is 18.4. The monoisotopic (exact) mass is 258 g/mol. The molecule has 0 heterocycles. The highest BCUT2D eigenvalue weighted by atomic mass is 16.5. The third-order valence-corrected chi connectivity index (χ3v) is 3.87. The molecule has 1 saturated carbocycles. The van der Waals surface area contributed by atoms with Crippen LogP contribution in [0.3, 0.4) is 0 Å². The van der Waals surface area contributed by atoms with Gasteiger partial charge in [-0.15, -0.1) is 0 Å². The molecular weight excluding hydrogens is 236 g/mol. The van der Waals surface area contributed by atoms with Crippen LogP contribution in [0.5, 0.6) is 5.75 Å². The molecule has 2 N–H and O–H groups in total. The predicted molar refractivity (Wildman–Crippen MR) is 76.0 cm³/mol. The van der Waals surface area contributed by atoms with Gasteiger partial charge in [0, 0.05) is 0 Å². The van der Waals surface area contributed by atoms with Crippen molar-refractivity contribution in [3.8, 4) is 11.8 Å². The van der Waals surface area contributed by atoms with E-state index in [0.29, 0.717) is 17.9 Å². The maximum atomic E-state index is 9.09. The fraction of sp³-hybridized carbons (Fsp3) is 0.562. The Bertz CT molecular complexity index is 468. The standard InChI is InChI=1S/C16H22N2O/c1-13-6-7-14(11-17)15(10-13)19-12-16(18)8-4-2-3-5-9-16/h6-7,10H,2-5,8-9,12,18H2,1H3. The number of nitrogens with zero attached hydrogens (tertiary/aromatic N) is 1. The summed E-state index contributed by atoms with van der Waals surface area (Å²) in [6, 6.07) is 7.82. The number of aryl methyl sites for hydroxylation is 1. The largest absolute Gasteiger partial charge is 0.490 e. The van der Waals surface area contributed by atoms with E-state index in [2.05, 4.69) is 6.07 Å². The van der Waals surface area contributed by atoms with E-state index < -0.39 is 0 Å². The maximum absolute atomic E-state index is 9.09. The van der Waals surface area contributed by atoms with E-state index in [1.54, 1.807) is 6.07 Å². The van der Waals surface area contributed by atoms with Crippen molar-refractivity contribution < 1.29 is 4.74 Å².